The molecule has 0 atom stereocenters. The first-order valence-corrected chi connectivity index (χ1v) is 15.4. The Morgan fingerprint density at radius 1 is 0.848 bits per heavy atom. The second-order valence-corrected chi connectivity index (χ2v) is 11.1. The Kier molecular flexibility index (Phi) is 9.17. The van der Waals surface area contributed by atoms with Crippen molar-refractivity contribution in [2.24, 2.45) is 0 Å². The van der Waals surface area contributed by atoms with Crippen molar-refractivity contribution in [2.75, 3.05) is 26.8 Å². The van der Waals surface area contributed by atoms with Crippen LogP contribution in [-0.2, 0) is 21.6 Å². The molecule has 46 heavy (non-hydrogen) atoms. The topological polar surface area (TPSA) is 86.5 Å². The maximum Gasteiger partial charge on any atom is 0.361 e. The zero-order valence-electron chi connectivity index (χ0n) is 26.0. The van der Waals surface area contributed by atoms with Crippen LogP contribution in [0.5, 0.6) is 5.75 Å². The molecule has 2 heterocycles. The third-order valence-corrected chi connectivity index (χ3v) is 8.42. The minimum atomic E-state index is -0.685. The summed E-state index contributed by atoms with van der Waals surface area (Å²) < 4.78 is 12.3. The molecule has 1 fully saturated rings. The number of likely N-dealkylation sites (tertiary alicyclic amines) is 1. The lowest BCUT2D eigenvalue weighted by Crippen LogP contribution is -2.52. The molecule has 4 aromatic carbocycles. The van der Waals surface area contributed by atoms with Crippen LogP contribution < -0.4 is 4.74 Å². The lowest BCUT2D eigenvalue weighted by atomic mass is 9.74. The van der Waals surface area contributed by atoms with Gasteiger partial charge in [0.25, 0.3) is 0 Å². The summed E-state index contributed by atoms with van der Waals surface area (Å²) in [5.74, 6) is 0.178. The van der Waals surface area contributed by atoms with Crippen molar-refractivity contribution in [3.8, 4) is 5.75 Å². The first-order chi connectivity index (χ1) is 22.5. The van der Waals surface area contributed by atoms with E-state index in [0.717, 1.165) is 28.0 Å². The standard InChI is InChI=1S/C38H36N4O4/c1-3-46-37(44)36-34(42(40-39-36)26-28-19-21-33(45-2)22-20-28)25-29-27-41(24-23-35(29)43)38(30-13-7-4-8-14-30,31-15-9-5-10-16-31)32-17-11-6-12-18-32/h4-22,25H,3,23-24,26-27H2,1-2H3. The predicted molar refractivity (Wildman–Crippen MR) is 176 cm³/mol. The van der Waals surface area contributed by atoms with E-state index in [0.29, 0.717) is 37.3 Å². The molecule has 0 amide bonds. The first-order valence-electron chi connectivity index (χ1n) is 15.4. The van der Waals surface area contributed by atoms with Gasteiger partial charge in [0.2, 0.25) is 0 Å². The molecule has 1 aromatic heterocycles. The minimum absolute atomic E-state index is 0.0198. The number of methoxy groups -OCH3 is 1. The van der Waals surface area contributed by atoms with Crippen LogP contribution in [0.3, 0.4) is 0 Å². The van der Waals surface area contributed by atoms with E-state index in [-0.39, 0.29) is 18.1 Å². The highest BCUT2D eigenvalue weighted by Gasteiger charge is 2.44. The van der Waals surface area contributed by atoms with Crippen molar-refractivity contribution in [3.05, 3.63) is 154 Å². The number of nitrogens with zero attached hydrogens (tertiary/aromatic N) is 4. The van der Waals surface area contributed by atoms with Gasteiger partial charge < -0.3 is 9.47 Å². The second-order valence-electron chi connectivity index (χ2n) is 11.1. The summed E-state index contributed by atoms with van der Waals surface area (Å²) >= 11 is 0. The number of rotatable bonds is 10. The SMILES string of the molecule is CCOC(=O)c1nnn(Cc2ccc(OC)cc2)c1C=C1CN(C(c2ccccc2)(c2ccccc2)c2ccccc2)CCC1=O. The minimum Gasteiger partial charge on any atom is -0.497 e. The molecule has 0 spiro atoms. The van der Waals surface area contributed by atoms with E-state index in [2.05, 4.69) is 88.0 Å². The lowest BCUT2D eigenvalue weighted by molar-refractivity contribution is -0.117. The van der Waals surface area contributed by atoms with Gasteiger partial charge in [-0.15, -0.1) is 5.10 Å². The van der Waals surface area contributed by atoms with Crippen molar-refractivity contribution in [1.82, 2.24) is 19.9 Å². The molecule has 0 radical (unpaired) electrons. The summed E-state index contributed by atoms with van der Waals surface area (Å²) in [5.41, 5.74) is 4.63. The number of piperidine rings is 1. The number of esters is 1. The average Bonchev–Trinajstić information content (AvgIpc) is 3.50. The summed E-state index contributed by atoms with van der Waals surface area (Å²) in [5, 5.41) is 8.53. The normalized spacial score (nSPS) is 14.7. The number of hydrogen-bond donors (Lipinski definition) is 0. The molecule has 8 heteroatoms. The van der Waals surface area contributed by atoms with Crippen molar-refractivity contribution in [3.63, 3.8) is 0 Å². The largest absolute Gasteiger partial charge is 0.497 e. The zero-order chi connectivity index (χ0) is 31.9. The Labute approximate surface area is 268 Å². The number of benzene rings is 4. The van der Waals surface area contributed by atoms with E-state index >= 15 is 0 Å². The summed E-state index contributed by atoms with van der Waals surface area (Å²) in [6, 6.07) is 38.8. The first kappa shape index (κ1) is 30.7. The van der Waals surface area contributed by atoms with Crippen LogP contribution in [0.15, 0.2) is 121 Å². The molecule has 8 nitrogen and oxygen atoms in total. The van der Waals surface area contributed by atoms with E-state index in [1.165, 1.54) is 0 Å². The Morgan fingerprint density at radius 2 is 1.41 bits per heavy atom. The second kappa shape index (κ2) is 13.7. The number of Topliss-reactive ketones (excluding diaryl/α,β-unsaturated/α-hetero) is 1. The van der Waals surface area contributed by atoms with E-state index in [9.17, 15) is 9.59 Å². The maximum atomic E-state index is 13.7. The third kappa shape index (κ3) is 5.99. The van der Waals surface area contributed by atoms with E-state index in [4.69, 9.17) is 9.47 Å². The molecule has 0 bridgehead atoms. The van der Waals surface area contributed by atoms with Gasteiger partial charge in [-0.1, -0.05) is 108 Å². The van der Waals surface area contributed by atoms with Gasteiger partial charge in [-0.25, -0.2) is 9.48 Å². The van der Waals surface area contributed by atoms with Gasteiger partial charge in [0.05, 0.1) is 31.5 Å². The number of carbonyl (C=O) groups excluding carboxylic acids is 2. The molecular formula is C38H36N4O4. The van der Waals surface area contributed by atoms with Crippen LogP contribution in [0.2, 0.25) is 0 Å². The molecule has 0 N–H and O–H groups in total. The molecule has 0 aliphatic carbocycles. The Morgan fingerprint density at radius 3 is 1.93 bits per heavy atom. The summed E-state index contributed by atoms with van der Waals surface area (Å²) in [6.45, 7) is 3.17. The molecule has 1 saturated heterocycles. The fourth-order valence-corrected chi connectivity index (χ4v) is 6.26. The van der Waals surface area contributed by atoms with Crippen molar-refractivity contribution in [2.45, 2.75) is 25.4 Å². The molecule has 1 aliphatic heterocycles. The van der Waals surface area contributed by atoms with Crippen molar-refractivity contribution < 1.29 is 19.1 Å². The summed E-state index contributed by atoms with van der Waals surface area (Å²) in [6.07, 6.45) is 2.09. The molecule has 0 saturated carbocycles. The molecule has 0 unspecified atom stereocenters. The van der Waals surface area contributed by atoms with Crippen LogP contribution in [0.4, 0.5) is 0 Å². The van der Waals surface area contributed by atoms with Crippen LogP contribution >= 0.6 is 0 Å². The van der Waals surface area contributed by atoms with Crippen LogP contribution in [0, 0.1) is 0 Å². The number of carbonyl (C=O) groups is 2. The van der Waals surface area contributed by atoms with E-state index < -0.39 is 11.5 Å². The fourth-order valence-electron chi connectivity index (χ4n) is 6.26. The maximum absolute atomic E-state index is 13.7. The highest BCUT2D eigenvalue weighted by Crippen LogP contribution is 2.44. The van der Waals surface area contributed by atoms with Crippen molar-refractivity contribution in [1.29, 1.82) is 0 Å². The molecular weight excluding hydrogens is 576 g/mol. The Hall–Kier alpha value is -5.34. The molecule has 5 aromatic rings. The lowest BCUT2D eigenvalue weighted by Gasteiger charge is -2.47. The predicted octanol–water partition coefficient (Wildman–Crippen LogP) is 6.16. The number of aromatic nitrogens is 3. The number of ketones is 1. The third-order valence-electron chi connectivity index (χ3n) is 8.42. The molecule has 1 aliphatic rings. The van der Waals surface area contributed by atoms with Crippen LogP contribution in [-0.4, -0.2) is 58.5 Å². The van der Waals surface area contributed by atoms with Gasteiger partial charge in [-0.3, -0.25) is 9.69 Å². The van der Waals surface area contributed by atoms with Crippen LogP contribution in [0.25, 0.3) is 6.08 Å². The molecule has 232 valence electrons. The monoisotopic (exact) mass is 612 g/mol. The highest BCUT2D eigenvalue weighted by atomic mass is 16.5. The van der Waals surface area contributed by atoms with Crippen molar-refractivity contribution >= 4 is 17.8 Å². The fraction of sp³-hybridized carbons (Fsp3) is 0.211. The van der Waals surface area contributed by atoms with E-state index in [1.54, 1.807) is 24.8 Å². The zero-order valence-corrected chi connectivity index (χ0v) is 26.0. The molecule has 6 rings (SSSR count). The smallest absolute Gasteiger partial charge is 0.361 e. The number of ether oxygens (including phenoxy) is 2. The van der Waals surface area contributed by atoms with Crippen LogP contribution in [0.1, 0.15) is 51.8 Å². The van der Waals surface area contributed by atoms with Gasteiger partial charge in [-0.2, -0.15) is 0 Å². The van der Waals surface area contributed by atoms with Gasteiger partial charge in [0.15, 0.2) is 11.5 Å². The van der Waals surface area contributed by atoms with E-state index in [1.807, 2.05) is 42.5 Å². The quantitative estimate of drug-likeness (QED) is 0.106. The number of hydrogen-bond acceptors (Lipinski definition) is 7. The summed E-state index contributed by atoms with van der Waals surface area (Å²) in [4.78, 5) is 29.1. The Balaban J connectivity index is 1.47. The Bertz CT molecular complexity index is 1720. The summed E-state index contributed by atoms with van der Waals surface area (Å²) in [7, 11) is 1.62. The average molecular weight is 613 g/mol. The van der Waals surface area contributed by atoms with Gasteiger partial charge in [0, 0.05) is 25.1 Å². The van der Waals surface area contributed by atoms with Gasteiger partial charge in [0.1, 0.15) is 5.75 Å². The van der Waals surface area contributed by atoms with Gasteiger partial charge in [-0.05, 0) is 47.4 Å². The van der Waals surface area contributed by atoms with Gasteiger partial charge >= 0.3 is 5.97 Å². The highest BCUT2D eigenvalue weighted by molar-refractivity contribution is 6.02.